The summed E-state index contributed by atoms with van der Waals surface area (Å²) < 4.78 is 31.7. The van der Waals surface area contributed by atoms with Gasteiger partial charge in [-0.1, -0.05) is 0 Å². The fourth-order valence-corrected chi connectivity index (χ4v) is 2.05. The zero-order valence-electron chi connectivity index (χ0n) is 8.70. The Hall–Kier alpha value is -1.31. The summed E-state index contributed by atoms with van der Waals surface area (Å²) in [6, 6.07) is 0. The van der Waals surface area contributed by atoms with Crippen molar-refractivity contribution in [3.63, 3.8) is 0 Å². The van der Waals surface area contributed by atoms with Gasteiger partial charge in [-0.3, -0.25) is 4.79 Å². The van der Waals surface area contributed by atoms with Crippen LogP contribution in [0.5, 0.6) is 0 Å². The molecule has 2 rings (SSSR count). The molecule has 98 valence electrons. The van der Waals surface area contributed by atoms with Crippen LogP contribution >= 0.6 is 0 Å². The molecule has 8 heteroatoms. The first kappa shape index (κ1) is 13.8. The summed E-state index contributed by atoms with van der Waals surface area (Å²) >= 11 is 0. The number of piperidine rings is 1. The maximum Gasteiger partial charge on any atom is 0.490 e. The van der Waals surface area contributed by atoms with Crippen LogP contribution in [0.25, 0.3) is 0 Å². The molecule has 0 spiro atoms. The van der Waals surface area contributed by atoms with Gasteiger partial charge < -0.3 is 15.5 Å². The van der Waals surface area contributed by atoms with Gasteiger partial charge in [0.05, 0.1) is 0 Å². The average Bonchev–Trinajstić information content (AvgIpc) is 2.59. The standard InChI is InChI=1S/C7H11NO2.C2HF3O2/c9-7(10)1-4-5-2-8-3-6(4)5;3-2(4,5)1(6)7/h4-6,8H,1-3H2,(H,9,10);(H,6,7)/t4-,5-,6+;. The van der Waals surface area contributed by atoms with Crippen LogP contribution in [0.15, 0.2) is 0 Å². The van der Waals surface area contributed by atoms with E-state index in [1.54, 1.807) is 0 Å². The number of carboxylic acid groups (broad SMARTS) is 2. The number of aliphatic carboxylic acids is 2. The minimum absolute atomic E-state index is 0.386. The fourth-order valence-electron chi connectivity index (χ4n) is 2.05. The van der Waals surface area contributed by atoms with E-state index in [9.17, 15) is 18.0 Å². The van der Waals surface area contributed by atoms with E-state index in [4.69, 9.17) is 15.0 Å². The molecule has 1 aliphatic carbocycles. The van der Waals surface area contributed by atoms with Crippen molar-refractivity contribution in [3.05, 3.63) is 0 Å². The lowest BCUT2D eigenvalue weighted by molar-refractivity contribution is -0.192. The first-order chi connectivity index (χ1) is 7.73. The molecule has 2 aliphatic rings. The van der Waals surface area contributed by atoms with E-state index >= 15 is 0 Å². The average molecular weight is 255 g/mol. The Kier molecular flexibility index (Phi) is 3.97. The second-order valence-electron chi connectivity index (χ2n) is 4.05. The highest BCUT2D eigenvalue weighted by molar-refractivity contribution is 5.73. The van der Waals surface area contributed by atoms with Gasteiger partial charge in [0.25, 0.3) is 0 Å². The second-order valence-corrected chi connectivity index (χ2v) is 4.05. The van der Waals surface area contributed by atoms with E-state index in [0.29, 0.717) is 24.2 Å². The molecular weight excluding hydrogens is 243 g/mol. The number of fused-ring (bicyclic) bond motifs is 1. The smallest absolute Gasteiger partial charge is 0.481 e. The molecule has 0 radical (unpaired) electrons. The van der Waals surface area contributed by atoms with E-state index < -0.39 is 18.1 Å². The highest BCUT2D eigenvalue weighted by atomic mass is 19.4. The quantitative estimate of drug-likeness (QED) is 0.671. The predicted molar refractivity (Wildman–Crippen MR) is 49.3 cm³/mol. The van der Waals surface area contributed by atoms with Crippen LogP contribution in [0.2, 0.25) is 0 Å². The summed E-state index contributed by atoms with van der Waals surface area (Å²) in [6.45, 7) is 2.09. The molecule has 0 aromatic rings. The number of halogens is 3. The topological polar surface area (TPSA) is 86.6 Å². The van der Waals surface area contributed by atoms with Crippen LogP contribution < -0.4 is 5.32 Å². The lowest BCUT2D eigenvalue weighted by Crippen LogP contribution is -2.21. The van der Waals surface area contributed by atoms with Crippen LogP contribution in [0.1, 0.15) is 6.42 Å². The van der Waals surface area contributed by atoms with Gasteiger partial charge in [0.15, 0.2) is 0 Å². The molecule has 1 saturated heterocycles. The van der Waals surface area contributed by atoms with Crippen molar-refractivity contribution in [2.45, 2.75) is 12.6 Å². The first-order valence-corrected chi connectivity index (χ1v) is 4.96. The summed E-state index contributed by atoms with van der Waals surface area (Å²) in [7, 11) is 0. The highest BCUT2D eigenvalue weighted by Gasteiger charge is 2.53. The zero-order chi connectivity index (χ0) is 13.2. The molecule has 0 amide bonds. The molecule has 1 aliphatic heterocycles. The molecular formula is C9H12F3NO4. The predicted octanol–water partition coefficient (Wildman–Crippen LogP) is 0.560. The third-order valence-corrected chi connectivity index (χ3v) is 2.92. The molecule has 3 N–H and O–H groups in total. The molecule has 0 unspecified atom stereocenters. The Balaban J connectivity index is 0.000000185. The molecule has 5 nitrogen and oxygen atoms in total. The summed E-state index contributed by atoms with van der Waals surface area (Å²) in [5, 5.41) is 18.8. The first-order valence-electron chi connectivity index (χ1n) is 4.96. The molecule has 0 bridgehead atoms. The van der Waals surface area contributed by atoms with Gasteiger partial charge >= 0.3 is 18.1 Å². The molecule has 3 atom stereocenters. The Morgan fingerprint density at radius 1 is 1.18 bits per heavy atom. The van der Waals surface area contributed by atoms with Gasteiger partial charge in [0, 0.05) is 6.42 Å². The van der Waals surface area contributed by atoms with E-state index in [2.05, 4.69) is 5.32 Å². The molecule has 0 aromatic heterocycles. The number of carbonyl (C=O) groups is 2. The number of hydrogen-bond acceptors (Lipinski definition) is 3. The third kappa shape index (κ3) is 3.88. The molecule has 1 saturated carbocycles. The summed E-state index contributed by atoms with van der Waals surface area (Å²) in [6.07, 6.45) is -4.70. The van der Waals surface area contributed by atoms with Gasteiger partial charge in [-0.05, 0) is 30.8 Å². The summed E-state index contributed by atoms with van der Waals surface area (Å²) in [5.41, 5.74) is 0. The van der Waals surface area contributed by atoms with E-state index in [0.717, 1.165) is 13.1 Å². The molecule has 0 aromatic carbocycles. The molecule has 2 fully saturated rings. The lowest BCUT2D eigenvalue weighted by atomic mass is 10.2. The van der Waals surface area contributed by atoms with Crippen LogP contribution in [-0.2, 0) is 9.59 Å². The van der Waals surface area contributed by atoms with Gasteiger partial charge in [-0.2, -0.15) is 13.2 Å². The van der Waals surface area contributed by atoms with E-state index in [1.165, 1.54) is 0 Å². The molecule has 17 heavy (non-hydrogen) atoms. The van der Waals surface area contributed by atoms with Gasteiger partial charge in [-0.15, -0.1) is 0 Å². The van der Waals surface area contributed by atoms with Crippen molar-refractivity contribution in [1.29, 1.82) is 0 Å². The van der Waals surface area contributed by atoms with Crippen LogP contribution in [0.3, 0.4) is 0 Å². The van der Waals surface area contributed by atoms with Gasteiger partial charge in [0.2, 0.25) is 0 Å². The number of alkyl halides is 3. The largest absolute Gasteiger partial charge is 0.490 e. The Morgan fingerprint density at radius 3 is 1.88 bits per heavy atom. The van der Waals surface area contributed by atoms with Crippen molar-refractivity contribution in [2.75, 3.05) is 13.1 Å². The summed E-state index contributed by atoms with van der Waals surface area (Å²) in [5.74, 6) is -1.52. The minimum Gasteiger partial charge on any atom is -0.481 e. The second kappa shape index (κ2) is 4.91. The van der Waals surface area contributed by atoms with Crippen LogP contribution in [0.4, 0.5) is 13.2 Å². The van der Waals surface area contributed by atoms with Gasteiger partial charge in [-0.25, -0.2) is 4.79 Å². The molecule has 1 heterocycles. The SMILES string of the molecule is O=C(O)C(F)(F)F.O=C(O)C[C@H]1[C@@H]2CNC[C@@H]21. The van der Waals surface area contributed by atoms with Gasteiger partial charge in [0.1, 0.15) is 0 Å². The number of nitrogens with one attached hydrogen (secondary N) is 1. The van der Waals surface area contributed by atoms with Crippen molar-refractivity contribution in [1.82, 2.24) is 5.32 Å². The normalized spacial score (nSPS) is 29.9. The zero-order valence-corrected chi connectivity index (χ0v) is 8.70. The van der Waals surface area contributed by atoms with Crippen molar-refractivity contribution in [3.8, 4) is 0 Å². The minimum atomic E-state index is -5.08. The highest BCUT2D eigenvalue weighted by Crippen LogP contribution is 2.50. The van der Waals surface area contributed by atoms with Crippen molar-refractivity contribution < 1.29 is 33.0 Å². The third-order valence-electron chi connectivity index (χ3n) is 2.92. The van der Waals surface area contributed by atoms with Crippen LogP contribution in [-0.4, -0.2) is 41.4 Å². The monoisotopic (exact) mass is 255 g/mol. The number of carboxylic acids is 2. The summed E-state index contributed by atoms with van der Waals surface area (Å²) in [4.78, 5) is 19.2. The Labute approximate surface area is 94.6 Å². The Bertz CT molecular complexity index is 308. The maximum absolute atomic E-state index is 10.6. The van der Waals surface area contributed by atoms with Crippen LogP contribution in [0, 0.1) is 17.8 Å². The fraction of sp³-hybridized carbons (Fsp3) is 0.778. The Morgan fingerprint density at radius 2 is 1.59 bits per heavy atom. The van der Waals surface area contributed by atoms with E-state index in [-0.39, 0.29) is 0 Å². The van der Waals surface area contributed by atoms with Crippen molar-refractivity contribution >= 4 is 11.9 Å². The maximum atomic E-state index is 10.6. The van der Waals surface area contributed by atoms with E-state index in [1.807, 2.05) is 0 Å². The number of rotatable bonds is 2. The van der Waals surface area contributed by atoms with Crippen molar-refractivity contribution in [2.24, 2.45) is 17.8 Å². The lowest BCUT2D eigenvalue weighted by Gasteiger charge is -1.98. The number of hydrogen-bond donors (Lipinski definition) is 3.